The van der Waals surface area contributed by atoms with Crippen LogP contribution in [0.5, 0.6) is 0 Å². The first kappa shape index (κ1) is 16.5. The van der Waals surface area contributed by atoms with Gasteiger partial charge in [0, 0.05) is 23.7 Å². The maximum absolute atomic E-state index is 6.18. The molecule has 1 saturated heterocycles. The summed E-state index contributed by atoms with van der Waals surface area (Å²) in [6.45, 7) is 9.51. The molecule has 0 bridgehead atoms. The summed E-state index contributed by atoms with van der Waals surface area (Å²) in [5.74, 6) is 0.445. The fourth-order valence-corrected chi connectivity index (χ4v) is 3.90. The lowest BCUT2D eigenvalue weighted by Crippen LogP contribution is -2.44. The quantitative estimate of drug-likeness (QED) is 0.787. The molecule has 0 radical (unpaired) electrons. The van der Waals surface area contributed by atoms with Crippen LogP contribution in [0.25, 0.3) is 0 Å². The van der Waals surface area contributed by atoms with Crippen molar-refractivity contribution in [3.8, 4) is 0 Å². The Labute approximate surface area is 143 Å². The van der Waals surface area contributed by atoms with Crippen molar-refractivity contribution < 1.29 is 4.74 Å². The van der Waals surface area contributed by atoms with Crippen LogP contribution in [0.3, 0.4) is 0 Å². The number of rotatable bonds is 3. The van der Waals surface area contributed by atoms with E-state index < -0.39 is 0 Å². The lowest BCUT2D eigenvalue weighted by atomic mass is 9.79. The van der Waals surface area contributed by atoms with E-state index in [-0.39, 0.29) is 11.2 Å². The molecule has 23 heavy (non-hydrogen) atoms. The molecule has 1 fully saturated rings. The van der Waals surface area contributed by atoms with Gasteiger partial charge in [-0.2, -0.15) is 0 Å². The monoisotopic (exact) mass is 332 g/mol. The van der Waals surface area contributed by atoms with Gasteiger partial charge in [0.15, 0.2) is 0 Å². The Kier molecular flexibility index (Phi) is 4.28. The largest absolute Gasteiger partial charge is 0.370 e. The van der Waals surface area contributed by atoms with Crippen molar-refractivity contribution in [1.82, 2.24) is 9.55 Å². The van der Waals surface area contributed by atoms with E-state index in [0.29, 0.717) is 5.92 Å². The Morgan fingerprint density at radius 2 is 1.74 bits per heavy atom. The van der Waals surface area contributed by atoms with E-state index in [0.717, 1.165) is 24.4 Å². The number of hydrogen-bond acceptors (Lipinski definition) is 2. The fourth-order valence-electron chi connectivity index (χ4n) is 3.77. The van der Waals surface area contributed by atoms with E-state index in [9.17, 15) is 0 Å². The lowest BCUT2D eigenvalue weighted by molar-refractivity contribution is -0.162. The molecule has 124 valence electrons. The molecule has 0 unspecified atom stereocenters. The number of imidazole rings is 1. The van der Waals surface area contributed by atoms with Gasteiger partial charge in [-0.1, -0.05) is 23.7 Å². The van der Waals surface area contributed by atoms with Crippen LogP contribution in [0.15, 0.2) is 36.8 Å². The van der Waals surface area contributed by atoms with E-state index >= 15 is 0 Å². The molecule has 2 aromatic rings. The SMILES string of the molecule is CC1(C)CC(c2cn(Cc3ccc(Cl)cc3)cn2)CC(C)(C)O1. The summed E-state index contributed by atoms with van der Waals surface area (Å²) in [6.07, 6.45) is 6.12. The van der Waals surface area contributed by atoms with Gasteiger partial charge < -0.3 is 9.30 Å². The molecule has 1 aromatic carbocycles. The second kappa shape index (κ2) is 5.95. The number of ether oxygens (including phenoxy) is 1. The Bertz CT molecular complexity index is 657. The summed E-state index contributed by atoms with van der Waals surface area (Å²) in [5, 5.41) is 0.770. The first-order chi connectivity index (χ1) is 10.7. The molecule has 3 nitrogen and oxygen atoms in total. The molecule has 2 heterocycles. The van der Waals surface area contributed by atoms with E-state index in [4.69, 9.17) is 16.3 Å². The molecule has 0 atom stereocenters. The van der Waals surface area contributed by atoms with Crippen molar-refractivity contribution in [1.29, 1.82) is 0 Å². The highest BCUT2D eigenvalue weighted by molar-refractivity contribution is 6.30. The summed E-state index contributed by atoms with van der Waals surface area (Å²) in [4.78, 5) is 4.67. The first-order valence-corrected chi connectivity index (χ1v) is 8.57. The predicted octanol–water partition coefficient (Wildman–Crippen LogP) is 5.04. The van der Waals surface area contributed by atoms with E-state index in [1.54, 1.807) is 0 Å². The van der Waals surface area contributed by atoms with Gasteiger partial charge in [0.1, 0.15) is 0 Å². The van der Waals surface area contributed by atoms with Crippen molar-refractivity contribution in [3.05, 3.63) is 53.1 Å². The van der Waals surface area contributed by atoms with Gasteiger partial charge in [0.2, 0.25) is 0 Å². The van der Waals surface area contributed by atoms with Gasteiger partial charge in [0.25, 0.3) is 0 Å². The zero-order chi connectivity index (χ0) is 16.7. The van der Waals surface area contributed by atoms with E-state index in [1.807, 2.05) is 18.5 Å². The Hall–Kier alpha value is -1.32. The summed E-state index contributed by atoms with van der Waals surface area (Å²) < 4.78 is 8.33. The molecular formula is C19H25ClN2O. The van der Waals surface area contributed by atoms with Crippen LogP contribution in [-0.2, 0) is 11.3 Å². The molecule has 1 aliphatic rings. The molecule has 0 amide bonds. The lowest BCUT2D eigenvalue weighted by Gasteiger charge is -2.45. The third-order valence-electron chi connectivity index (χ3n) is 4.38. The zero-order valence-electron chi connectivity index (χ0n) is 14.3. The third kappa shape index (κ3) is 4.15. The van der Waals surface area contributed by atoms with Gasteiger partial charge >= 0.3 is 0 Å². The van der Waals surface area contributed by atoms with E-state index in [2.05, 4.69) is 55.6 Å². The molecule has 1 aromatic heterocycles. The van der Waals surface area contributed by atoms with Gasteiger partial charge in [-0.25, -0.2) is 4.98 Å². The first-order valence-electron chi connectivity index (χ1n) is 8.19. The topological polar surface area (TPSA) is 27.1 Å². The van der Waals surface area contributed by atoms with Crippen LogP contribution in [0, 0.1) is 0 Å². The summed E-state index contributed by atoms with van der Waals surface area (Å²) in [7, 11) is 0. The Morgan fingerprint density at radius 3 is 2.35 bits per heavy atom. The van der Waals surface area contributed by atoms with Crippen LogP contribution in [0.1, 0.15) is 57.7 Å². The molecule has 0 N–H and O–H groups in total. The van der Waals surface area contributed by atoms with Gasteiger partial charge in [-0.15, -0.1) is 0 Å². The number of halogens is 1. The van der Waals surface area contributed by atoms with Gasteiger partial charge in [-0.3, -0.25) is 0 Å². The number of aromatic nitrogens is 2. The van der Waals surface area contributed by atoms with Crippen LogP contribution < -0.4 is 0 Å². The average molecular weight is 333 g/mol. The standard InChI is InChI=1S/C19H25ClN2O/c1-18(2)9-15(10-19(3,4)23-18)17-12-22(13-21-17)11-14-5-7-16(20)8-6-14/h5-8,12-13,15H,9-11H2,1-4H3. The highest BCUT2D eigenvalue weighted by Gasteiger charge is 2.40. The minimum absolute atomic E-state index is 0.105. The Morgan fingerprint density at radius 1 is 1.13 bits per heavy atom. The summed E-state index contributed by atoms with van der Waals surface area (Å²) >= 11 is 5.94. The molecule has 0 aliphatic carbocycles. The van der Waals surface area contributed by atoms with Crippen LogP contribution >= 0.6 is 11.6 Å². The number of hydrogen-bond donors (Lipinski definition) is 0. The minimum Gasteiger partial charge on any atom is -0.370 e. The van der Waals surface area contributed by atoms with Crippen molar-refractivity contribution >= 4 is 11.6 Å². The van der Waals surface area contributed by atoms with Crippen LogP contribution in [-0.4, -0.2) is 20.8 Å². The predicted molar refractivity (Wildman–Crippen MR) is 94.0 cm³/mol. The second-order valence-electron chi connectivity index (χ2n) is 7.82. The van der Waals surface area contributed by atoms with Crippen LogP contribution in [0.4, 0.5) is 0 Å². The van der Waals surface area contributed by atoms with Crippen molar-refractivity contribution in [3.63, 3.8) is 0 Å². The number of benzene rings is 1. The highest BCUT2D eigenvalue weighted by atomic mass is 35.5. The van der Waals surface area contributed by atoms with E-state index in [1.165, 1.54) is 11.3 Å². The second-order valence-corrected chi connectivity index (χ2v) is 8.26. The van der Waals surface area contributed by atoms with Crippen molar-refractivity contribution in [2.24, 2.45) is 0 Å². The molecular weight excluding hydrogens is 308 g/mol. The van der Waals surface area contributed by atoms with Crippen molar-refractivity contribution in [2.75, 3.05) is 0 Å². The third-order valence-corrected chi connectivity index (χ3v) is 4.63. The minimum atomic E-state index is -0.105. The van der Waals surface area contributed by atoms with Gasteiger partial charge in [-0.05, 0) is 58.2 Å². The average Bonchev–Trinajstić information content (AvgIpc) is 2.86. The molecule has 0 spiro atoms. The summed E-state index contributed by atoms with van der Waals surface area (Å²) in [5.41, 5.74) is 2.19. The highest BCUT2D eigenvalue weighted by Crippen LogP contribution is 2.42. The summed E-state index contributed by atoms with van der Waals surface area (Å²) in [6, 6.07) is 7.97. The van der Waals surface area contributed by atoms with Crippen LogP contribution in [0.2, 0.25) is 5.02 Å². The maximum Gasteiger partial charge on any atom is 0.0952 e. The molecule has 0 saturated carbocycles. The fraction of sp³-hybridized carbons (Fsp3) is 0.526. The molecule has 1 aliphatic heterocycles. The van der Waals surface area contributed by atoms with Gasteiger partial charge in [0.05, 0.1) is 23.2 Å². The smallest absolute Gasteiger partial charge is 0.0952 e. The number of nitrogens with zero attached hydrogens (tertiary/aromatic N) is 2. The molecule has 4 heteroatoms. The zero-order valence-corrected chi connectivity index (χ0v) is 15.1. The maximum atomic E-state index is 6.18. The Balaban J connectivity index is 1.75. The van der Waals surface area contributed by atoms with Crippen molar-refractivity contribution in [2.45, 2.75) is 64.2 Å². The normalized spacial score (nSPS) is 20.6. The molecule has 3 rings (SSSR count).